The second-order valence-corrected chi connectivity index (χ2v) is 8.30. The van der Waals surface area contributed by atoms with E-state index >= 15 is 0 Å². The van der Waals surface area contributed by atoms with E-state index in [4.69, 9.17) is 5.73 Å². The lowest BCUT2D eigenvalue weighted by atomic mass is 10.0. The first-order valence-corrected chi connectivity index (χ1v) is 9.39. The largest absolute Gasteiger partial charge is 0.326 e. The fourth-order valence-corrected chi connectivity index (χ4v) is 3.49. The van der Waals surface area contributed by atoms with E-state index in [1.807, 2.05) is 27.0 Å². The van der Waals surface area contributed by atoms with Crippen molar-refractivity contribution in [3.63, 3.8) is 0 Å². The lowest BCUT2D eigenvalue weighted by molar-refractivity contribution is -0.136. The molecule has 8 heteroatoms. The van der Waals surface area contributed by atoms with Gasteiger partial charge < -0.3 is 10.6 Å². The van der Waals surface area contributed by atoms with Crippen molar-refractivity contribution in [1.82, 2.24) is 15.1 Å². The fraction of sp³-hybridized carbons (Fsp3) is 0.500. The molecule has 0 saturated carbocycles. The third-order valence-electron chi connectivity index (χ3n) is 5.09. The quantitative estimate of drug-likeness (QED) is 0.694. The summed E-state index contributed by atoms with van der Waals surface area (Å²) < 4.78 is 0. The number of fused-ring (bicyclic) bond motifs is 1. The molecule has 2 heterocycles. The first kappa shape index (κ1) is 20.2. The van der Waals surface area contributed by atoms with Gasteiger partial charge in [-0.05, 0) is 58.0 Å². The Kier molecular flexibility index (Phi) is 5.36. The molecule has 0 aromatic heterocycles. The number of nitrogens with zero attached hydrogens (tertiary/aromatic N) is 2. The lowest BCUT2D eigenvalue weighted by Gasteiger charge is -2.27. The maximum Gasteiger partial charge on any atom is 0.262 e. The highest BCUT2D eigenvalue weighted by Crippen LogP contribution is 2.28. The Morgan fingerprint density at radius 3 is 2.50 bits per heavy atom. The molecule has 4 amide bonds. The van der Waals surface area contributed by atoms with Gasteiger partial charge in [-0.3, -0.25) is 29.4 Å². The van der Waals surface area contributed by atoms with Gasteiger partial charge in [0.25, 0.3) is 11.8 Å². The van der Waals surface area contributed by atoms with E-state index < -0.39 is 23.8 Å². The Morgan fingerprint density at radius 1 is 1.18 bits per heavy atom. The zero-order chi connectivity index (χ0) is 20.6. The number of hydrogen-bond acceptors (Lipinski definition) is 6. The molecule has 2 aliphatic heterocycles. The molecule has 0 aliphatic carbocycles. The SMILES string of the molecule is CN(CCC(C)(C)N)Cc1ccc2c(c1)C(=O)N(C1CCC(=O)NC1=O)C2=O. The van der Waals surface area contributed by atoms with E-state index in [-0.39, 0.29) is 24.3 Å². The van der Waals surface area contributed by atoms with E-state index in [0.717, 1.165) is 23.4 Å². The Labute approximate surface area is 164 Å². The second kappa shape index (κ2) is 7.44. The van der Waals surface area contributed by atoms with Crippen LogP contribution in [-0.2, 0) is 16.1 Å². The Balaban J connectivity index is 1.75. The molecule has 2 aliphatic rings. The van der Waals surface area contributed by atoms with Crippen molar-refractivity contribution < 1.29 is 19.2 Å². The second-order valence-electron chi connectivity index (χ2n) is 8.30. The highest BCUT2D eigenvalue weighted by molar-refractivity contribution is 6.23. The van der Waals surface area contributed by atoms with Crippen LogP contribution in [0.15, 0.2) is 18.2 Å². The van der Waals surface area contributed by atoms with Crippen LogP contribution in [0.1, 0.15) is 59.4 Å². The highest BCUT2D eigenvalue weighted by Gasteiger charge is 2.44. The molecule has 8 nitrogen and oxygen atoms in total. The molecule has 1 aromatic rings. The van der Waals surface area contributed by atoms with Crippen molar-refractivity contribution in [2.75, 3.05) is 13.6 Å². The molecule has 150 valence electrons. The predicted octanol–water partition coefficient (Wildman–Crippen LogP) is 0.647. The number of benzene rings is 1. The van der Waals surface area contributed by atoms with Crippen molar-refractivity contribution >= 4 is 23.6 Å². The summed E-state index contributed by atoms with van der Waals surface area (Å²) >= 11 is 0. The van der Waals surface area contributed by atoms with Crippen molar-refractivity contribution in [3.05, 3.63) is 34.9 Å². The van der Waals surface area contributed by atoms with Gasteiger partial charge in [0.15, 0.2) is 0 Å². The van der Waals surface area contributed by atoms with Crippen LogP contribution < -0.4 is 11.1 Å². The Hall–Kier alpha value is -2.58. The maximum atomic E-state index is 12.8. The van der Waals surface area contributed by atoms with Gasteiger partial charge in [-0.2, -0.15) is 0 Å². The number of hydrogen-bond donors (Lipinski definition) is 2. The number of piperidine rings is 1. The molecule has 0 spiro atoms. The van der Waals surface area contributed by atoms with Crippen LogP contribution in [0.3, 0.4) is 0 Å². The monoisotopic (exact) mass is 386 g/mol. The summed E-state index contributed by atoms with van der Waals surface area (Å²) in [6.45, 7) is 5.37. The van der Waals surface area contributed by atoms with Crippen molar-refractivity contribution in [3.8, 4) is 0 Å². The summed E-state index contributed by atoms with van der Waals surface area (Å²) in [5.41, 5.74) is 7.28. The minimum atomic E-state index is -0.942. The highest BCUT2D eigenvalue weighted by atomic mass is 16.2. The Bertz CT molecular complexity index is 843. The average molecular weight is 386 g/mol. The number of rotatable bonds is 6. The zero-order valence-electron chi connectivity index (χ0n) is 16.4. The van der Waals surface area contributed by atoms with Gasteiger partial charge >= 0.3 is 0 Å². The van der Waals surface area contributed by atoms with Crippen LogP contribution in [0.4, 0.5) is 0 Å². The molecule has 1 fully saturated rings. The van der Waals surface area contributed by atoms with Crippen molar-refractivity contribution in [2.45, 2.75) is 51.2 Å². The molecule has 0 bridgehead atoms. The molecule has 0 radical (unpaired) electrons. The van der Waals surface area contributed by atoms with Gasteiger partial charge in [0.2, 0.25) is 11.8 Å². The topological polar surface area (TPSA) is 113 Å². The fourth-order valence-electron chi connectivity index (χ4n) is 3.49. The number of nitrogens with one attached hydrogen (secondary N) is 1. The van der Waals surface area contributed by atoms with Gasteiger partial charge in [-0.25, -0.2) is 0 Å². The minimum absolute atomic E-state index is 0.108. The summed E-state index contributed by atoms with van der Waals surface area (Å²) in [6.07, 6.45) is 1.09. The molecule has 1 saturated heterocycles. The van der Waals surface area contributed by atoms with Crippen molar-refractivity contribution in [1.29, 1.82) is 0 Å². The van der Waals surface area contributed by atoms with Gasteiger partial charge in [0.05, 0.1) is 11.1 Å². The van der Waals surface area contributed by atoms with E-state index in [9.17, 15) is 19.2 Å². The Morgan fingerprint density at radius 2 is 1.86 bits per heavy atom. The molecular formula is C20H26N4O4. The average Bonchev–Trinajstić information content (AvgIpc) is 2.84. The van der Waals surface area contributed by atoms with Crippen LogP contribution in [-0.4, -0.2) is 58.6 Å². The first-order chi connectivity index (χ1) is 13.1. The molecule has 1 atom stereocenters. The summed E-state index contributed by atoms with van der Waals surface area (Å²) in [5, 5.41) is 2.20. The molecule has 3 rings (SSSR count). The minimum Gasteiger partial charge on any atom is -0.326 e. The zero-order valence-corrected chi connectivity index (χ0v) is 16.4. The number of carbonyl (C=O) groups excluding carboxylic acids is 4. The van der Waals surface area contributed by atoms with E-state index in [1.165, 1.54) is 0 Å². The smallest absolute Gasteiger partial charge is 0.262 e. The predicted molar refractivity (Wildman–Crippen MR) is 102 cm³/mol. The number of nitrogens with two attached hydrogens (primary N) is 1. The summed E-state index contributed by atoms with van der Waals surface area (Å²) in [5.74, 6) is -1.96. The third kappa shape index (κ3) is 4.13. The van der Waals surface area contributed by atoms with Crippen LogP contribution in [0.5, 0.6) is 0 Å². The van der Waals surface area contributed by atoms with Gasteiger partial charge in [-0.15, -0.1) is 0 Å². The standard InChI is InChI=1S/C20H26N4O4/c1-20(2,21)8-9-23(3)11-12-4-5-13-14(10-12)19(28)24(18(13)27)15-6-7-16(25)22-17(15)26/h4-5,10,15H,6-9,11,21H2,1-3H3,(H,22,25,26). The maximum absolute atomic E-state index is 12.8. The van der Waals surface area contributed by atoms with Crippen LogP contribution in [0.2, 0.25) is 0 Å². The normalized spacial score (nSPS) is 20.0. The number of amides is 4. The molecule has 1 aromatic carbocycles. The van der Waals surface area contributed by atoms with Crippen LogP contribution in [0.25, 0.3) is 0 Å². The van der Waals surface area contributed by atoms with Crippen LogP contribution in [0, 0.1) is 0 Å². The molecule has 3 N–H and O–H groups in total. The van der Waals surface area contributed by atoms with Gasteiger partial charge in [0, 0.05) is 18.5 Å². The van der Waals surface area contributed by atoms with Gasteiger partial charge in [0.1, 0.15) is 6.04 Å². The number of carbonyl (C=O) groups is 4. The van der Waals surface area contributed by atoms with Gasteiger partial charge in [-0.1, -0.05) is 6.07 Å². The third-order valence-corrected chi connectivity index (χ3v) is 5.09. The summed E-state index contributed by atoms with van der Waals surface area (Å²) in [7, 11) is 1.97. The van der Waals surface area contributed by atoms with Crippen LogP contribution >= 0.6 is 0 Å². The van der Waals surface area contributed by atoms with E-state index in [2.05, 4.69) is 10.2 Å². The van der Waals surface area contributed by atoms with E-state index in [1.54, 1.807) is 12.1 Å². The van der Waals surface area contributed by atoms with E-state index in [0.29, 0.717) is 17.7 Å². The molecule has 28 heavy (non-hydrogen) atoms. The summed E-state index contributed by atoms with van der Waals surface area (Å²) in [6, 6.07) is 4.23. The number of imide groups is 2. The first-order valence-electron chi connectivity index (χ1n) is 9.39. The van der Waals surface area contributed by atoms with Crippen molar-refractivity contribution in [2.24, 2.45) is 5.73 Å². The molecular weight excluding hydrogens is 360 g/mol. The summed E-state index contributed by atoms with van der Waals surface area (Å²) in [4.78, 5) is 52.1. The molecule has 1 unspecified atom stereocenters. The lowest BCUT2D eigenvalue weighted by Crippen LogP contribution is -2.54.